The zero-order valence-corrected chi connectivity index (χ0v) is 14.6. The van der Waals surface area contributed by atoms with Gasteiger partial charge in [0.1, 0.15) is 11.5 Å². The Labute approximate surface area is 140 Å². The molecule has 3 aliphatic carbocycles. The lowest BCUT2D eigenvalue weighted by Crippen LogP contribution is -2.42. The molecule has 0 bridgehead atoms. The molecule has 4 atom stereocenters. The van der Waals surface area contributed by atoms with E-state index in [1.165, 1.54) is 24.0 Å². The predicted octanol–water partition coefficient (Wildman–Crippen LogP) is 4.84. The average molecular weight is 396 g/mol. The molecule has 0 radical (unpaired) electrons. The van der Waals surface area contributed by atoms with Crippen molar-refractivity contribution in [1.29, 1.82) is 0 Å². The van der Waals surface area contributed by atoms with E-state index in [1.807, 2.05) is 23.0 Å². The van der Waals surface area contributed by atoms with E-state index in [9.17, 15) is 4.79 Å². The standard InChI is InChI=1S/C18H21IO2/c1-18-9-8-14-13-5-3-12(21-19)10-11(13)2-4-15(14)16(18)6-7-17(18)20/h3,5,10,14-16H,2,4,6-9H2,1H3. The number of Topliss-reactive ketones (excluding diaryl/α,β-unsaturated/α-hetero) is 1. The number of rotatable bonds is 1. The molecule has 1 aromatic rings. The normalized spacial score (nSPS) is 37.6. The van der Waals surface area contributed by atoms with Gasteiger partial charge >= 0.3 is 0 Å². The molecular weight excluding hydrogens is 375 g/mol. The fourth-order valence-electron chi connectivity index (χ4n) is 5.38. The smallest absolute Gasteiger partial charge is 0.192 e. The molecule has 0 amide bonds. The Morgan fingerprint density at radius 2 is 2.10 bits per heavy atom. The van der Waals surface area contributed by atoms with Gasteiger partial charge in [0.2, 0.25) is 0 Å². The van der Waals surface area contributed by atoms with E-state index >= 15 is 0 Å². The first kappa shape index (κ1) is 14.0. The van der Waals surface area contributed by atoms with Crippen LogP contribution in [0.15, 0.2) is 18.2 Å². The fourth-order valence-corrected chi connectivity index (χ4v) is 5.65. The molecule has 0 heterocycles. The highest BCUT2D eigenvalue weighted by atomic mass is 127. The first-order valence-corrected chi connectivity index (χ1v) is 8.96. The molecule has 4 unspecified atom stereocenters. The molecule has 1 aromatic carbocycles. The lowest BCUT2D eigenvalue weighted by atomic mass is 9.55. The Morgan fingerprint density at radius 3 is 2.90 bits per heavy atom. The highest BCUT2D eigenvalue weighted by molar-refractivity contribution is 14.1. The van der Waals surface area contributed by atoms with Crippen molar-refractivity contribution in [2.24, 2.45) is 17.3 Å². The minimum Gasteiger partial charge on any atom is -0.428 e. The second-order valence-corrected chi connectivity index (χ2v) is 7.71. The maximum Gasteiger partial charge on any atom is 0.192 e. The van der Waals surface area contributed by atoms with Crippen molar-refractivity contribution in [3.8, 4) is 5.75 Å². The number of hydrogen-bond acceptors (Lipinski definition) is 2. The molecule has 0 aromatic heterocycles. The van der Waals surface area contributed by atoms with Crippen molar-refractivity contribution in [1.82, 2.24) is 0 Å². The molecule has 0 spiro atoms. The van der Waals surface area contributed by atoms with Crippen LogP contribution in [0.1, 0.15) is 56.1 Å². The van der Waals surface area contributed by atoms with Crippen LogP contribution in [0.5, 0.6) is 5.75 Å². The number of hydrogen-bond donors (Lipinski definition) is 0. The Balaban J connectivity index is 1.70. The second kappa shape index (κ2) is 4.97. The van der Waals surface area contributed by atoms with Crippen LogP contribution in [0.3, 0.4) is 0 Å². The van der Waals surface area contributed by atoms with Crippen LogP contribution in [0.4, 0.5) is 0 Å². The molecule has 2 nitrogen and oxygen atoms in total. The van der Waals surface area contributed by atoms with Crippen LogP contribution in [0, 0.1) is 17.3 Å². The van der Waals surface area contributed by atoms with Gasteiger partial charge in [0, 0.05) is 11.8 Å². The summed E-state index contributed by atoms with van der Waals surface area (Å²) in [5, 5.41) is 0. The molecule has 21 heavy (non-hydrogen) atoms. The van der Waals surface area contributed by atoms with Crippen LogP contribution in [0.25, 0.3) is 0 Å². The van der Waals surface area contributed by atoms with Crippen LogP contribution in [-0.2, 0) is 11.2 Å². The van der Waals surface area contributed by atoms with Gasteiger partial charge in [0.15, 0.2) is 23.0 Å². The minimum atomic E-state index is -0.00999. The Morgan fingerprint density at radius 1 is 1.24 bits per heavy atom. The third kappa shape index (κ3) is 1.99. The molecular formula is C18H21IO2. The van der Waals surface area contributed by atoms with Gasteiger partial charge in [-0.2, -0.15) is 0 Å². The van der Waals surface area contributed by atoms with Crippen molar-refractivity contribution in [3.63, 3.8) is 0 Å². The average Bonchev–Trinajstić information content (AvgIpc) is 2.82. The first-order valence-electron chi connectivity index (χ1n) is 8.08. The summed E-state index contributed by atoms with van der Waals surface area (Å²) in [5.74, 6) is 3.50. The molecule has 3 aliphatic rings. The highest BCUT2D eigenvalue weighted by Crippen LogP contribution is 2.59. The van der Waals surface area contributed by atoms with Crippen LogP contribution in [0.2, 0.25) is 0 Å². The lowest BCUT2D eigenvalue weighted by molar-refractivity contribution is -0.129. The van der Waals surface area contributed by atoms with E-state index in [2.05, 4.69) is 25.1 Å². The summed E-state index contributed by atoms with van der Waals surface area (Å²) in [6.45, 7) is 2.24. The highest BCUT2D eigenvalue weighted by Gasteiger charge is 2.54. The number of ketones is 1. The van der Waals surface area contributed by atoms with E-state index in [-0.39, 0.29) is 5.41 Å². The van der Waals surface area contributed by atoms with Gasteiger partial charge in [-0.25, -0.2) is 0 Å². The summed E-state index contributed by atoms with van der Waals surface area (Å²) in [4.78, 5) is 12.3. The second-order valence-electron chi connectivity index (χ2n) is 7.27. The maximum absolute atomic E-state index is 12.3. The number of benzene rings is 1. The Hall–Kier alpha value is -0.580. The first-order chi connectivity index (χ1) is 10.1. The molecule has 0 aliphatic heterocycles. The number of aryl methyl sites for hydroxylation is 1. The molecule has 2 fully saturated rings. The summed E-state index contributed by atoms with van der Waals surface area (Å²) in [7, 11) is 0. The number of fused-ring (bicyclic) bond motifs is 5. The van der Waals surface area contributed by atoms with Crippen molar-refractivity contribution >= 4 is 28.8 Å². The third-order valence-electron chi connectivity index (χ3n) is 6.50. The molecule has 112 valence electrons. The van der Waals surface area contributed by atoms with Crippen LogP contribution in [-0.4, -0.2) is 5.78 Å². The Kier molecular flexibility index (Phi) is 3.32. The number of carbonyl (C=O) groups is 1. The van der Waals surface area contributed by atoms with E-state index < -0.39 is 0 Å². The molecule has 4 rings (SSSR count). The Bertz CT molecular complexity index is 597. The summed E-state index contributed by atoms with van der Waals surface area (Å²) < 4.78 is 5.34. The number of halogens is 1. The molecule has 0 N–H and O–H groups in total. The fraction of sp³-hybridized carbons (Fsp3) is 0.611. The largest absolute Gasteiger partial charge is 0.428 e. The SMILES string of the molecule is CC12CCC3c4ccc(OI)cc4CCC3C1CCC2=O. The van der Waals surface area contributed by atoms with E-state index in [0.29, 0.717) is 23.5 Å². The van der Waals surface area contributed by atoms with Crippen LogP contribution < -0.4 is 3.07 Å². The third-order valence-corrected chi connectivity index (χ3v) is 7.00. The van der Waals surface area contributed by atoms with Crippen LogP contribution >= 0.6 is 23.0 Å². The lowest BCUT2D eigenvalue weighted by Gasteiger charge is -2.48. The monoisotopic (exact) mass is 396 g/mol. The van der Waals surface area contributed by atoms with E-state index in [1.54, 1.807) is 0 Å². The molecule has 2 saturated carbocycles. The van der Waals surface area contributed by atoms with Gasteiger partial charge in [-0.05, 0) is 73.1 Å². The topological polar surface area (TPSA) is 26.3 Å². The van der Waals surface area contributed by atoms with Gasteiger partial charge in [-0.3, -0.25) is 4.79 Å². The zero-order valence-electron chi connectivity index (χ0n) is 12.4. The summed E-state index contributed by atoms with van der Waals surface area (Å²) in [5.41, 5.74) is 2.99. The van der Waals surface area contributed by atoms with Gasteiger partial charge in [-0.15, -0.1) is 0 Å². The maximum atomic E-state index is 12.3. The minimum absolute atomic E-state index is 0.00999. The molecule has 0 saturated heterocycles. The van der Waals surface area contributed by atoms with Crippen molar-refractivity contribution < 1.29 is 7.86 Å². The van der Waals surface area contributed by atoms with Gasteiger partial charge < -0.3 is 3.07 Å². The van der Waals surface area contributed by atoms with E-state index in [4.69, 9.17) is 3.07 Å². The van der Waals surface area contributed by atoms with Gasteiger partial charge in [0.25, 0.3) is 0 Å². The van der Waals surface area contributed by atoms with Crippen molar-refractivity contribution in [2.75, 3.05) is 0 Å². The zero-order chi connectivity index (χ0) is 14.6. The quantitative estimate of drug-likeness (QED) is 0.635. The summed E-state index contributed by atoms with van der Waals surface area (Å²) in [6.07, 6.45) is 6.60. The summed E-state index contributed by atoms with van der Waals surface area (Å²) >= 11 is 1.95. The van der Waals surface area contributed by atoms with Crippen molar-refractivity contribution in [3.05, 3.63) is 29.3 Å². The molecule has 3 heteroatoms. The van der Waals surface area contributed by atoms with Gasteiger partial charge in [-0.1, -0.05) is 13.0 Å². The predicted molar refractivity (Wildman–Crippen MR) is 90.7 cm³/mol. The van der Waals surface area contributed by atoms with Crippen molar-refractivity contribution in [2.45, 2.75) is 51.4 Å². The number of carbonyl (C=O) groups excluding carboxylic acids is 1. The van der Waals surface area contributed by atoms with Gasteiger partial charge in [0.05, 0.1) is 0 Å². The van der Waals surface area contributed by atoms with E-state index in [0.717, 1.165) is 31.4 Å². The summed E-state index contributed by atoms with van der Waals surface area (Å²) in [6, 6.07) is 6.59.